The Balaban J connectivity index is 2.03. The second kappa shape index (κ2) is 6.23. The van der Waals surface area contributed by atoms with E-state index in [-0.39, 0.29) is 12.3 Å². The normalized spacial score (nSPS) is 11.6. The molecular weight excluding hydrogens is 282 g/mol. The maximum absolute atomic E-state index is 11.5. The highest BCUT2D eigenvalue weighted by atomic mass is 32.2. The van der Waals surface area contributed by atoms with Crippen LogP contribution in [-0.2, 0) is 16.6 Å². The van der Waals surface area contributed by atoms with Crippen LogP contribution in [0.5, 0.6) is 0 Å². The topological polar surface area (TPSA) is 72.0 Å². The van der Waals surface area contributed by atoms with Crippen molar-refractivity contribution in [3.05, 3.63) is 34.9 Å². The molecule has 7 heteroatoms. The molecule has 0 aliphatic heterocycles. The average Bonchev–Trinajstić information content (AvgIpc) is 2.86. The minimum Gasteiger partial charge on any atom is -0.264 e. The maximum Gasteiger partial charge on any atom is 0.211 e. The Morgan fingerprint density at radius 1 is 1.42 bits per heavy atom. The van der Waals surface area contributed by atoms with Gasteiger partial charge >= 0.3 is 0 Å². The Hall–Kier alpha value is -1.31. The second-order valence-corrected chi connectivity index (χ2v) is 6.88. The van der Waals surface area contributed by atoms with Crippen molar-refractivity contribution in [1.82, 2.24) is 14.7 Å². The van der Waals surface area contributed by atoms with E-state index < -0.39 is 10.0 Å². The van der Waals surface area contributed by atoms with Gasteiger partial charge in [-0.3, -0.25) is 4.98 Å². The SMILES string of the molecule is CCCS(=O)(=O)NCc1nc(-c2cccnc2)cs1. The Morgan fingerprint density at radius 3 is 2.95 bits per heavy atom. The summed E-state index contributed by atoms with van der Waals surface area (Å²) in [6.07, 6.45) is 4.05. The van der Waals surface area contributed by atoms with E-state index in [1.165, 1.54) is 11.3 Å². The molecule has 0 spiro atoms. The van der Waals surface area contributed by atoms with E-state index in [1.807, 2.05) is 24.4 Å². The minimum atomic E-state index is -3.18. The highest BCUT2D eigenvalue weighted by molar-refractivity contribution is 7.89. The zero-order valence-electron chi connectivity index (χ0n) is 10.5. The lowest BCUT2D eigenvalue weighted by molar-refractivity contribution is 0.580. The van der Waals surface area contributed by atoms with Crippen LogP contribution in [0.1, 0.15) is 18.4 Å². The van der Waals surface area contributed by atoms with E-state index in [9.17, 15) is 8.42 Å². The molecule has 2 aromatic rings. The first-order valence-corrected chi connectivity index (χ1v) is 8.46. The van der Waals surface area contributed by atoms with Crippen molar-refractivity contribution in [1.29, 1.82) is 0 Å². The second-order valence-electron chi connectivity index (χ2n) is 4.01. The molecule has 0 saturated heterocycles. The number of thiazole rings is 1. The number of nitrogens with zero attached hydrogens (tertiary/aromatic N) is 2. The van der Waals surface area contributed by atoms with E-state index >= 15 is 0 Å². The van der Waals surface area contributed by atoms with E-state index in [1.54, 1.807) is 12.4 Å². The van der Waals surface area contributed by atoms with Gasteiger partial charge < -0.3 is 0 Å². The van der Waals surface area contributed by atoms with Gasteiger partial charge in [0.25, 0.3) is 0 Å². The molecule has 0 amide bonds. The van der Waals surface area contributed by atoms with Crippen LogP contribution in [0, 0.1) is 0 Å². The Kier molecular flexibility index (Phi) is 4.62. The van der Waals surface area contributed by atoms with Gasteiger partial charge in [0.15, 0.2) is 0 Å². The molecule has 19 heavy (non-hydrogen) atoms. The van der Waals surface area contributed by atoms with Crippen LogP contribution in [-0.4, -0.2) is 24.1 Å². The summed E-state index contributed by atoms with van der Waals surface area (Å²) >= 11 is 1.44. The van der Waals surface area contributed by atoms with Crippen LogP contribution in [0.25, 0.3) is 11.3 Å². The summed E-state index contributed by atoms with van der Waals surface area (Å²) in [6, 6.07) is 3.77. The third-order valence-corrected chi connectivity index (χ3v) is 4.80. The Bertz CT molecular complexity index is 623. The van der Waals surface area contributed by atoms with Crippen molar-refractivity contribution < 1.29 is 8.42 Å². The Morgan fingerprint density at radius 2 is 2.26 bits per heavy atom. The minimum absolute atomic E-state index is 0.147. The van der Waals surface area contributed by atoms with Gasteiger partial charge in [-0.1, -0.05) is 6.92 Å². The number of aromatic nitrogens is 2. The van der Waals surface area contributed by atoms with Gasteiger partial charge in [-0.05, 0) is 18.6 Å². The molecule has 0 aromatic carbocycles. The summed E-state index contributed by atoms with van der Waals surface area (Å²) < 4.78 is 25.6. The van der Waals surface area contributed by atoms with Crippen molar-refractivity contribution in [3.8, 4) is 11.3 Å². The van der Waals surface area contributed by atoms with Crippen LogP contribution in [0.15, 0.2) is 29.9 Å². The Labute approximate surface area is 116 Å². The van der Waals surface area contributed by atoms with Crippen molar-refractivity contribution in [2.45, 2.75) is 19.9 Å². The molecule has 0 unspecified atom stereocenters. The fourth-order valence-electron chi connectivity index (χ4n) is 1.55. The summed E-state index contributed by atoms with van der Waals surface area (Å²) in [6.45, 7) is 2.08. The molecular formula is C12H15N3O2S2. The van der Waals surface area contributed by atoms with Crippen LogP contribution < -0.4 is 4.72 Å². The largest absolute Gasteiger partial charge is 0.264 e. The third-order valence-electron chi connectivity index (χ3n) is 2.43. The zero-order chi connectivity index (χ0) is 13.7. The van der Waals surface area contributed by atoms with Crippen LogP contribution in [0.4, 0.5) is 0 Å². The molecule has 0 aliphatic rings. The van der Waals surface area contributed by atoms with Gasteiger partial charge in [-0.2, -0.15) is 0 Å². The molecule has 0 radical (unpaired) electrons. The summed E-state index contributed by atoms with van der Waals surface area (Å²) in [4.78, 5) is 8.43. The van der Waals surface area contributed by atoms with Gasteiger partial charge in [-0.25, -0.2) is 18.1 Å². The maximum atomic E-state index is 11.5. The number of rotatable bonds is 6. The first kappa shape index (κ1) is 14.1. The predicted molar refractivity (Wildman–Crippen MR) is 76.3 cm³/mol. The summed E-state index contributed by atoms with van der Waals surface area (Å²) in [5.74, 6) is 0.147. The standard InChI is InChI=1S/C12H15N3O2S2/c1-2-6-19(16,17)14-8-12-15-11(9-18-12)10-4-3-5-13-7-10/h3-5,7,9,14H,2,6,8H2,1H3. The van der Waals surface area contributed by atoms with Crippen molar-refractivity contribution in [2.75, 3.05) is 5.75 Å². The number of nitrogens with one attached hydrogen (secondary N) is 1. The van der Waals surface area contributed by atoms with Gasteiger partial charge in [0.2, 0.25) is 10.0 Å². The van der Waals surface area contributed by atoms with Crippen LogP contribution >= 0.6 is 11.3 Å². The first-order valence-electron chi connectivity index (χ1n) is 5.93. The van der Waals surface area contributed by atoms with E-state index in [0.29, 0.717) is 6.42 Å². The lowest BCUT2D eigenvalue weighted by Gasteiger charge is -2.02. The van der Waals surface area contributed by atoms with Gasteiger partial charge in [0, 0.05) is 23.3 Å². The predicted octanol–water partition coefficient (Wildman–Crippen LogP) is 2.03. The van der Waals surface area contributed by atoms with Gasteiger partial charge in [-0.15, -0.1) is 11.3 Å². The molecule has 0 saturated carbocycles. The average molecular weight is 297 g/mol. The fraction of sp³-hybridized carbons (Fsp3) is 0.333. The summed E-state index contributed by atoms with van der Waals surface area (Å²) in [5.41, 5.74) is 1.75. The molecule has 0 bridgehead atoms. The van der Waals surface area contributed by atoms with E-state index in [4.69, 9.17) is 0 Å². The van der Waals surface area contributed by atoms with Gasteiger partial charge in [0.1, 0.15) is 5.01 Å². The lowest BCUT2D eigenvalue weighted by atomic mass is 10.2. The molecule has 5 nitrogen and oxygen atoms in total. The summed E-state index contributed by atoms with van der Waals surface area (Å²) in [5, 5.41) is 2.65. The highest BCUT2D eigenvalue weighted by Gasteiger charge is 2.10. The van der Waals surface area contributed by atoms with E-state index in [0.717, 1.165) is 16.3 Å². The number of hydrogen-bond acceptors (Lipinski definition) is 5. The number of pyridine rings is 1. The molecule has 2 heterocycles. The van der Waals surface area contributed by atoms with Crippen molar-refractivity contribution in [3.63, 3.8) is 0 Å². The zero-order valence-corrected chi connectivity index (χ0v) is 12.2. The molecule has 2 aromatic heterocycles. The lowest BCUT2D eigenvalue weighted by Crippen LogP contribution is -2.25. The van der Waals surface area contributed by atoms with Crippen LogP contribution in [0.2, 0.25) is 0 Å². The van der Waals surface area contributed by atoms with E-state index in [2.05, 4.69) is 14.7 Å². The molecule has 0 aliphatic carbocycles. The van der Waals surface area contributed by atoms with Crippen molar-refractivity contribution in [2.24, 2.45) is 0 Å². The quantitative estimate of drug-likeness (QED) is 0.885. The van der Waals surface area contributed by atoms with Crippen molar-refractivity contribution >= 4 is 21.4 Å². The first-order chi connectivity index (χ1) is 9.11. The number of hydrogen-bond donors (Lipinski definition) is 1. The molecule has 1 N–H and O–H groups in total. The molecule has 0 atom stereocenters. The smallest absolute Gasteiger partial charge is 0.211 e. The van der Waals surface area contributed by atoms with Crippen LogP contribution in [0.3, 0.4) is 0 Å². The fourth-order valence-corrected chi connectivity index (χ4v) is 3.42. The molecule has 2 rings (SSSR count). The highest BCUT2D eigenvalue weighted by Crippen LogP contribution is 2.20. The molecule has 0 fully saturated rings. The monoisotopic (exact) mass is 297 g/mol. The third kappa shape index (κ3) is 4.09. The number of sulfonamides is 1. The summed E-state index contributed by atoms with van der Waals surface area (Å²) in [7, 11) is -3.18. The van der Waals surface area contributed by atoms with Gasteiger partial charge in [0.05, 0.1) is 18.0 Å². The molecule has 102 valence electrons.